The number of nitriles is 1. The van der Waals surface area contributed by atoms with E-state index in [9.17, 15) is 4.79 Å². The highest BCUT2D eigenvalue weighted by Gasteiger charge is 2.08. The summed E-state index contributed by atoms with van der Waals surface area (Å²) in [7, 11) is 0. The van der Waals surface area contributed by atoms with Gasteiger partial charge in [-0.25, -0.2) is 4.79 Å². The molecule has 0 radical (unpaired) electrons. The van der Waals surface area contributed by atoms with E-state index in [2.05, 4.69) is 0 Å². The normalized spacial score (nSPS) is 8.00. The van der Waals surface area contributed by atoms with E-state index in [1.807, 2.05) is 0 Å². The van der Waals surface area contributed by atoms with Crippen molar-refractivity contribution in [3.63, 3.8) is 0 Å². The average molecular weight is 146 g/mol. The number of carbonyl (C=O) groups is 1. The molecule has 0 spiro atoms. The van der Waals surface area contributed by atoms with E-state index in [0.717, 1.165) is 11.9 Å². The van der Waals surface area contributed by atoms with Crippen molar-refractivity contribution in [1.82, 2.24) is 4.31 Å². The maximum absolute atomic E-state index is 10.0. The van der Waals surface area contributed by atoms with E-state index in [1.165, 1.54) is 6.19 Å². The molecule has 0 aromatic heterocycles. The zero-order chi connectivity index (χ0) is 7.28. The summed E-state index contributed by atoms with van der Waals surface area (Å²) in [6.45, 7) is 1.78. The van der Waals surface area contributed by atoms with Gasteiger partial charge in [-0.05, 0) is 11.9 Å². The molecule has 0 heterocycles. The van der Waals surface area contributed by atoms with Crippen molar-refractivity contribution in [2.24, 2.45) is 0 Å². The highest BCUT2D eigenvalue weighted by molar-refractivity contribution is 7.97. The molecule has 0 saturated carbocycles. The van der Waals surface area contributed by atoms with Gasteiger partial charge in [-0.1, -0.05) is 6.92 Å². The second kappa shape index (κ2) is 4.04. The monoisotopic (exact) mass is 146 g/mol. The molecular formula is C4H6N2O2S. The summed E-state index contributed by atoms with van der Waals surface area (Å²) in [6, 6.07) is 0. The smallest absolute Gasteiger partial charge is 0.431 e. The molecule has 4 nitrogen and oxygen atoms in total. The van der Waals surface area contributed by atoms with Crippen LogP contribution < -0.4 is 0 Å². The van der Waals surface area contributed by atoms with Gasteiger partial charge in [-0.3, -0.25) is 0 Å². The third kappa shape index (κ3) is 2.82. The van der Waals surface area contributed by atoms with Crippen molar-refractivity contribution >= 4 is 18.0 Å². The van der Waals surface area contributed by atoms with Crippen LogP contribution in [0.3, 0.4) is 0 Å². The van der Waals surface area contributed by atoms with Gasteiger partial charge in [0.15, 0.2) is 0 Å². The first-order valence-electron chi connectivity index (χ1n) is 2.28. The predicted octanol–water partition coefficient (Wildman–Crippen LogP) is 1.12. The van der Waals surface area contributed by atoms with Crippen LogP contribution in [0.2, 0.25) is 0 Å². The first-order valence-corrected chi connectivity index (χ1v) is 3.22. The standard InChI is InChI=1S/C4H6N2O2S/c1-2-9-6(3-5)4(7)8/h2H2,1H3,(H,7,8). The van der Waals surface area contributed by atoms with Crippen LogP contribution in [0.15, 0.2) is 0 Å². The summed E-state index contributed by atoms with van der Waals surface area (Å²) < 4.78 is 0.611. The van der Waals surface area contributed by atoms with Crippen LogP contribution in [0.1, 0.15) is 6.92 Å². The van der Waals surface area contributed by atoms with Gasteiger partial charge in [0, 0.05) is 5.75 Å². The summed E-state index contributed by atoms with van der Waals surface area (Å²) in [6.07, 6.45) is 0.281. The Morgan fingerprint density at radius 3 is 2.67 bits per heavy atom. The maximum atomic E-state index is 10.0. The number of amides is 1. The first kappa shape index (κ1) is 8.11. The quantitative estimate of drug-likeness (QED) is 0.360. The molecule has 0 atom stereocenters. The van der Waals surface area contributed by atoms with Crippen LogP contribution in [-0.2, 0) is 0 Å². The highest BCUT2D eigenvalue weighted by atomic mass is 32.2. The minimum absolute atomic E-state index is 0.583. The van der Waals surface area contributed by atoms with Crippen LogP contribution in [0, 0.1) is 11.5 Å². The fraction of sp³-hybridized carbons (Fsp3) is 0.500. The predicted molar refractivity (Wildman–Crippen MR) is 33.6 cm³/mol. The Bertz CT molecular complexity index is 142. The first-order chi connectivity index (χ1) is 4.22. The fourth-order valence-electron chi connectivity index (χ4n) is 0.256. The van der Waals surface area contributed by atoms with Gasteiger partial charge in [-0.15, -0.1) is 0 Å². The van der Waals surface area contributed by atoms with Crippen LogP contribution >= 0.6 is 11.9 Å². The second-order valence-corrected chi connectivity index (χ2v) is 2.30. The molecule has 0 fully saturated rings. The van der Waals surface area contributed by atoms with E-state index in [-0.39, 0.29) is 0 Å². The van der Waals surface area contributed by atoms with Crippen molar-refractivity contribution in [2.75, 3.05) is 5.75 Å². The molecule has 0 saturated heterocycles. The van der Waals surface area contributed by atoms with Crippen LogP contribution in [0.5, 0.6) is 0 Å². The molecule has 0 aliphatic rings. The molecule has 0 bridgehead atoms. The van der Waals surface area contributed by atoms with E-state index >= 15 is 0 Å². The number of hydrogen-bond acceptors (Lipinski definition) is 3. The molecule has 0 aromatic rings. The Kier molecular flexibility index (Phi) is 3.64. The maximum Gasteiger partial charge on any atom is 0.431 e. The van der Waals surface area contributed by atoms with Crippen molar-refractivity contribution in [3.05, 3.63) is 0 Å². The molecule has 0 aliphatic carbocycles. The van der Waals surface area contributed by atoms with Crippen molar-refractivity contribution in [1.29, 1.82) is 5.26 Å². The summed E-state index contributed by atoms with van der Waals surface area (Å²) in [5.74, 6) is 0.583. The second-order valence-electron chi connectivity index (χ2n) is 1.09. The minimum Gasteiger partial charge on any atom is -0.464 e. The lowest BCUT2D eigenvalue weighted by molar-refractivity contribution is 0.185. The van der Waals surface area contributed by atoms with Crippen LogP contribution in [0.4, 0.5) is 4.79 Å². The van der Waals surface area contributed by atoms with Crippen LogP contribution in [-0.4, -0.2) is 21.3 Å². The molecule has 9 heavy (non-hydrogen) atoms. The zero-order valence-electron chi connectivity index (χ0n) is 4.87. The number of carboxylic acid groups (broad SMARTS) is 1. The van der Waals surface area contributed by atoms with E-state index in [1.54, 1.807) is 6.92 Å². The average Bonchev–Trinajstić information content (AvgIpc) is 1.82. The van der Waals surface area contributed by atoms with Crippen LogP contribution in [0.25, 0.3) is 0 Å². The molecular weight excluding hydrogens is 140 g/mol. The van der Waals surface area contributed by atoms with E-state index in [4.69, 9.17) is 10.4 Å². The van der Waals surface area contributed by atoms with Gasteiger partial charge >= 0.3 is 6.09 Å². The lowest BCUT2D eigenvalue weighted by Gasteiger charge is -2.03. The number of rotatable bonds is 2. The summed E-state index contributed by atoms with van der Waals surface area (Å²) in [5.41, 5.74) is 0. The van der Waals surface area contributed by atoms with Crippen molar-refractivity contribution in [2.45, 2.75) is 6.92 Å². The lowest BCUT2D eigenvalue weighted by Crippen LogP contribution is -2.15. The largest absolute Gasteiger partial charge is 0.464 e. The Hall–Kier alpha value is -0.890. The van der Waals surface area contributed by atoms with E-state index < -0.39 is 6.09 Å². The molecule has 1 N–H and O–H groups in total. The SMILES string of the molecule is CCSN(C#N)C(=O)O. The fourth-order valence-corrected chi connectivity index (χ4v) is 0.682. The van der Waals surface area contributed by atoms with Gasteiger partial charge in [0.1, 0.15) is 0 Å². The molecule has 5 heteroatoms. The summed E-state index contributed by atoms with van der Waals surface area (Å²) >= 11 is 0.957. The van der Waals surface area contributed by atoms with E-state index in [0.29, 0.717) is 10.1 Å². The van der Waals surface area contributed by atoms with Gasteiger partial charge in [0.05, 0.1) is 0 Å². The van der Waals surface area contributed by atoms with Gasteiger partial charge < -0.3 is 5.11 Å². The summed E-state index contributed by atoms with van der Waals surface area (Å²) in [4.78, 5) is 10.0. The number of hydrogen-bond donors (Lipinski definition) is 1. The Morgan fingerprint density at radius 2 is 2.56 bits per heavy atom. The Balaban J connectivity index is 3.72. The zero-order valence-corrected chi connectivity index (χ0v) is 5.68. The summed E-state index contributed by atoms with van der Waals surface area (Å²) in [5, 5.41) is 16.3. The van der Waals surface area contributed by atoms with Crippen molar-refractivity contribution in [3.8, 4) is 6.19 Å². The van der Waals surface area contributed by atoms with Gasteiger partial charge in [0.2, 0.25) is 6.19 Å². The van der Waals surface area contributed by atoms with Crippen molar-refractivity contribution < 1.29 is 9.90 Å². The molecule has 0 aromatic carbocycles. The molecule has 0 aliphatic heterocycles. The van der Waals surface area contributed by atoms with Gasteiger partial charge in [0.25, 0.3) is 0 Å². The molecule has 50 valence electrons. The molecule has 1 amide bonds. The molecule has 0 unspecified atom stereocenters. The Labute approximate surface area is 57.2 Å². The lowest BCUT2D eigenvalue weighted by atomic mass is 11.0. The number of nitrogens with zero attached hydrogens (tertiary/aromatic N) is 2. The third-order valence-corrected chi connectivity index (χ3v) is 1.28. The highest BCUT2D eigenvalue weighted by Crippen LogP contribution is 2.06. The minimum atomic E-state index is -1.22. The Morgan fingerprint density at radius 1 is 2.00 bits per heavy atom. The van der Waals surface area contributed by atoms with Gasteiger partial charge in [-0.2, -0.15) is 9.57 Å². The molecule has 0 rings (SSSR count). The third-order valence-electron chi connectivity index (χ3n) is 0.523. The topological polar surface area (TPSA) is 64.3 Å².